The Labute approximate surface area is 107 Å². The number of hydrogen-bond donors (Lipinski definition) is 1. The first-order chi connectivity index (χ1) is 8.81. The van der Waals surface area contributed by atoms with E-state index in [0.717, 1.165) is 11.6 Å². The molecule has 0 bridgehead atoms. The average molecular weight is 244 g/mol. The molecule has 2 rings (SSSR count). The van der Waals surface area contributed by atoms with Gasteiger partial charge in [-0.1, -0.05) is 12.1 Å². The van der Waals surface area contributed by atoms with Crippen LogP contribution in [-0.4, -0.2) is 18.6 Å². The zero-order chi connectivity index (χ0) is 12.8. The van der Waals surface area contributed by atoms with Crippen molar-refractivity contribution in [2.75, 3.05) is 19.0 Å². The Balaban J connectivity index is 2.14. The third-order valence-corrected chi connectivity index (χ3v) is 2.32. The highest BCUT2D eigenvalue weighted by Crippen LogP contribution is 2.24. The summed E-state index contributed by atoms with van der Waals surface area (Å²) in [6, 6.07) is 13.1. The van der Waals surface area contributed by atoms with Gasteiger partial charge in [-0.25, -0.2) is 0 Å². The van der Waals surface area contributed by atoms with Crippen molar-refractivity contribution in [3.05, 3.63) is 42.5 Å². The predicted octanol–water partition coefficient (Wildman–Crippen LogP) is 3.31. The van der Waals surface area contributed by atoms with Gasteiger partial charge in [0.15, 0.2) is 0 Å². The summed E-state index contributed by atoms with van der Waals surface area (Å²) in [6.07, 6.45) is 0. The number of hydrogen-bond acceptors (Lipinski definition) is 4. The lowest BCUT2D eigenvalue weighted by atomic mass is 10.3. The smallest absolute Gasteiger partial charge is 0.221 e. The van der Waals surface area contributed by atoms with E-state index in [1.54, 1.807) is 0 Å². The number of pyridine rings is 1. The number of nitrogens with zero attached hydrogens (tertiary/aromatic N) is 1. The molecule has 0 spiro atoms. The number of nitrogens with one attached hydrogen (secondary N) is 1. The molecule has 0 unspecified atom stereocenters. The molecule has 0 fully saturated rings. The first-order valence-electron chi connectivity index (χ1n) is 5.87. The quantitative estimate of drug-likeness (QED) is 0.876. The maximum atomic E-state index is 5.68. The highest BCUT2D eigenvalue weighted by atomic mass is 16.5. The molecule has 0 saturated carbocycles. The maximum Gasteiger partial charge on any atom is 0.221 e. The normalized spacial score (nSPS) is 9.89. The van der Waals surface area contributed by atoms with E-state index in [9.17, 15) is 0 Å². The molecule has 1 heterocycles. The Kier molecular flexibility index (Phi) is 4.02. The largest absolute Gasteiger partial charge is 0.494 e. The average Bonchev–Trinajstić information content (AvgIpc) is 2.40. The zero-order valence-electron chi connectivity index (χ0n) is 10.5. The van der Waals surface area contributed by atoms with Gasteiger partial charge in [0.05, 0.1) is 6.61 Å². The molecule has 0 radical (unpaired) electrons. The van der Waals surface area contributed by atoms with Gasteiger partial charge in [-0.3, -0.25) is 0 Å². The Hall–Kier alpha value is -2.23. The number of aromatic nitrogens is 1. The van der Waals surface area contributed by atoms with Crippen LogP contribution in [0, 0.1) is 0 Å². The third kappa shape index (κ3) is 3.13. The van der Waals surface area contributed by atoms with Crippen molar-refractivity contribution >= 4 is 5.82 Å². The van der Waals surface area contributed by atoms with Crippen LogP contribution >= 0.6 is 0 Å². The van der Waals surface area contributed by atoms with Crippen LogP contribution in [0.25, 0.3) is 0 Å². The topological polar surface area (TPSA) is 43.4 Å². The van der Waals surface area contributed by atoms with E-state index in [0.29, 0.717) is 18.2 Å². The van der Waals surface area contributed by atoms with Crippen molar-refractivity contribution in [2.24, 2.45) is 0 Å². The SMILES string of the molecule is CCOc1cccc(Oc2cccc(NC)n2)c1. The summed E-state index contributed by atoms with van der Waals surface area (Å²) >= 11 is 0. The Morgan fingerprint density at radius 3 is 2.67 bits per heavy atom. The lowest BCUT2D eigenvalue weighted by Gasteiger charge is -2.08. The molecule has 18 heavy (non-hydrogen) atoms. The fourth-order valence-electron chi connectivity index (χ4n) is 1.53. The van der Waals surface area contributed by atoms with Gasteiger partial charge >= 0.3 is 0 Å². The van der Waals surface area contributed by atoms with Crippen LogP contribution in [0.15, 0.2) is 42.5 Å². The molecule has 2 aromatic rings. The second-order valence-electron chi connectivity index (χ2n) is 3.62. The summed E-state index contributed by atoms with van der Waals surface area (Å²) in [4.78, 5) is 4.29. The van der Waals surface area contributed by atoms with Crippen LogP contribution in [0.3, 0.4) is 0 Å². The van der Waals surface area contributed by atoms with Gasteiger partial charge in [-0.05, 0) is 25.1 Å². The Morgan fingerprint density at radius 1 is 1.11 bits per heavy atom. The molecular weight excluding hydrogens is 228 g/mol. The van der Waals surface area contributed by atoms with Crippen LogP contribution in [0.5, 0.6) is 17.4 Å². The highest BCUT2D eigenvalue weighted by Gasteiger charge is 2.01. The summed E-state index contributed by atoms with van der Waals surface area (Å²) in [7, 11) is 1.82. The molecule has 1 aromatic heterocycles. The van der Waals surface area contributed by atoms with Crippen LogP contribution in [-0.2, 0) is 0 Å². The van der Waals surface area contributed by atoms with Gasteiger partial charge < -0.3 is 14.8 Å². The molecule has 94 valence electrons. The summed E-state index contributed by atoms with van der Waals surface area (Å²) in [5.41, 5.74) is 0. The number of rotatable bonds is 5. The second kappa shape index (κ2) is 5.91. The minimum absolute atomic E-state index is 0.551. The van der Waals surface area contributed by atoms with Crippen molar-refractivity contribution < 1.29 is 9.47 Å². The molecule has 1 N–H and O–H groups in total. The van der Waals surface area contributed by atoms with Gasteiger partial charge in [0.1, 0.15) is 17.3 Å². The number of ether oxygens (including phenoxy) is 2. The van der Waals surface area contributed by atoms with Crippen LogP contribution < -0.4 is 14.8 Å². The fraction of sp³-hybridized carbons (Fsp3) is 0.214. The van der Waals surface area contributed by atoms with Crippen LogP contribution in [0.4, 0.5) is 5.82 Å². The summed E-state index contributed by atoms with van der Waals surface area (Å²) < 4.78 is 11.1. The first kappa shape index (κ1) is 12.2. The molecule has 0 aliphatic carbocycles. The Morgan fingerprint density at radius 2 is 1.89 bits per heavy atom. The van der Waals surface area contributed by atoms with Crippen molar-refractivity contribution in [1.82, 2.24) is 4.98 Å². The summed E-state index contributed by atoms with van der Waals surface area (Å²) in [5.74, 6) is 2.82. The molecule has 0 aliphatic heterocycles. The van der Waals surface area contributed by atoms with E-state index in [1.165, 1.54) is 0 Å². The van der Waals surface area contributed by atoms with E-state index in [-0.39, 0.29) is 0 Å². The molecular formula is C14H16N2O2. The maximum absolute atomic E-state index is 5.68. The van der Waals surface area contributed by atoms with Crippen molar-refractivity contribution in [3.8, 4) is 17.4 Å². The zero-order valence-corrected chi connectivity index (χ0v) is 10.5. The summed E-state index contributed by atoms with van der Waals surface area (Å²) in [6.45, 7) is 2.59. The molecule has 0 amide bonds. The molecule has 1 aromatic carbocycles. The number of anilines is 1. The van der Waals surface area contributed by atoms with Gasteiger partial charge in [-0.2, -0.15) is 4.98 Å². The van der Waals surface area contributed by atoms with E-state index in [1.807, 2.05) is 56.4 Å². The molecule has 4 heteroatoms. The lowest BCUT2D eigenvalue weighted by Crippen LogP contribution is -1.95. The Bertz CT molecular complexity index is 515. The fourth-order valence-corrected chi connectivity index (χ4v) is 1.53. The summed E-state index contributed by atoms with van der Waals surface area (Å²) in [5, 5.41) is 2.97. The van der Waals surface area contributed by atoms with Gasteiger partial charge in [0.25, 0.3) is 0 Å². The van der Waals surface area contributed by atoms with Crippen molar-refractivity contribution in [1.29, 1.82) is 0 Å². The second-order valence-corrected chi connectivity index (χ2v) is 3.62. The van der Waals surface area contributed by atoms with Gasteiger partial charge in [-0.15, -0.1) is 0 Å². The van der Waals surface area contributed by atoms with E-state index in [2.05, 4.69) is 10.3 Å². The third-order valence-electron chi connectivity index (χ3n) is 2.32. The van der Waals surface area contributed by atoms with E-state index < -0.39 is 0 Å². The standard InChI is InChI=1S/C14H16N2O2/c1-3-17-11-6-4-7-12(10-11)18-14-9-5-8-13(15-2)16-14/h4-10H,3H2,1-2H3,(H,15,16). The molecule has 0 saturated heterocycles. The van der Waals surface area contributed by atoms with Crippen molar-refractivity contribution in [2.45, 2.75) is 6.92 Å². The van der Waals surface area contributed by atoms with E-state index >= 15 is 0 Å². The first-order valence-corrected chi connectivity index (χ1v) is 5.87. The predicted molar refractivity (Wildman–Crippen MR) is 71.5 cm³/mol. The molecule has 4 nitrogen and oxygen atoms in total. The minimum Gasteiger partial charge on any atom is -0.494 e. The van der Waals surface area contributed by atoms with Crippen molar-refractivity contribution in [3.63, 3.8) is 0 Å². The van der Waals surface area contributed by atoms with Gasteiger partial charge in [0.2, 0.25) is 5.88 Å². The number of benzene rings is 1. The molecule has 0 aliphatic rings. The lowest BCUT2D eigenvalue weighted by molar-refractivity contribution is 0.338. The highest BCUT2D eigenvalue weighted by molar-refractivity contribution is 5.39. The van der Waals surface area contributed by atoms with Crippen LogP contribution in [0.1, 0.15) is 6.92 Å². The van der Waals surface area contributed by atoms with E-state index in [4.69, 9.17) is 9.47 Å². The monoisotopic (exact) mass is 244 g/mol. The minimum atomic E-state index is 0.551. The molecule has 0 atom stereocenters. The van der Waals surface area contributed by atoms with Crippen LogP contribution in [0.2, 0.25) is 0 Å². The van der Waals surface area contributed by atoms with Gasteiger partial charge in [0, 0.05) is 19.2 Å².